The highest BCUT2D eigenvalue weighted by Crippen LogP contribution is 2.28. The minimum absolute atomic E-state index is 0.0872. The number of halogens is 2. The molecule has 0 spiro atoms. The van der Waals surface area contributed by atoms with Crippen LogP contribution >= 0.6 is 0 Å². The average molecular weight is 397 g/mol. The topological polar surface area (TPSA) is 121 Å². The number of hydrogen-bond acceptors (Lipinski definition) is 7. The van der Waals surface area contributed by atoms with E-state index in [-0.39, 0.29) is 23.7 Å². The van der Waals surface area contributed by atoms with E-state index in [4.69, 9.17) is 4.74 Å². The van der Waals surface area contributed by atoms with Gasteiger partial charge in [-0.1, -0.05) is 6.92 Å². The number of nitro groups is 1. The van der Waals surface area contributed by atoms with Crippen LogP contribution in [0.5, 0.6) is 11.5 Å². The number of alkyl halides is 2. The number of hydrogen-bond donors (Lipinski definition) is 1. The highest BCUT2D eigenvalue weighted by atomic mass is 19.3. The molecule has 1 N–H and O–H groups in total. The number of rotatable bonds is 9. The molecule has 1 aromatic carbocycles. The van der Waals surface area contributed by atoms with Crippen LogP contribution in [0.25, 0.3) is 0 Å². The second kappa shape index (κ2) is 9.39. The predicted octanol–water partition coefficient (Wildman–Crippen LogP) is 2.19. The van der Waals surface area contributed by atoms with Crippen LogP contribution in [0.2, 0.25) is 0 Å². The van der Waals surface area contributed by atoms with Gasteiger partial charge in [0, 0.05) is 0 Å². The molecule has 2 rings (SSSR count). The zero-order chi connectivity index (χ0) is 20.7. The van der Waals surface area contributed by atoms with Crippen molar-refractivity contribution in [2.75, 3.05) is 7.11 Å². The Morgan fingerprint density at radius 2 is 2.21 bits per heavy atom. The molecule has 0 saturated heterocycles. The summed E-state index contributed by atoms with van der Waals surface area (Å²) in [7, 11) is 1.30. The van der Waals surface area contributed by atoms with Gasteiger partial charge < -0.3 is 9.47 Å². The lowest BCUT2D eigenvalue weighted by molar-refractivity contribution is -0.385. The number of hydrazone groups is 1. The van der Waals surface area contributed by atoms with Gasteiger partial charge in [-0.2, -0.15) is 19.0 Å². The molecule has 0 saturated carbocycles. The maximum Gasteiger partial charge on any atom is 0.387 e. The number of nitrogens with one attached hydrogen (secondary N) is 1. The van der Waals surface area contributed by atoms with Crippen LogP contribution in [0.1, 0.15) is 12.5 Å². The second-order valence-corrected chi connectivity index (χ2v) is 5.60. The van der Waals surface area contributed by atoms with Gasteiger partial charge in [0.1, 0.15) is 12.4 Å². The molecule has 10 nitrogen and oxygen atoms in total. The fourth-order valence-electron chi connectivity index (χ4n) is 2.15. The third kappa shape index (κ3) is 5.72. The molecule has 150 valence electrons. The molecule has 0 unspecified atom stereocenters. The van der Waals surface area contributed by atoms with Crippen molar-refractivity contribution < 1.29 is 28.0 Å². The van der Waals surface area contributed by atoms with Gasteiger partial charge >= 0.3 is 12.3 Å². The lowest BCUT2D eigenvalue weighted by atomic mass is 10.2. The van der Waals surface area contributed by atoms with Crippen molar-refractivity contribution in [2.24, 2.45) is 11.0 Å². The lowest BCUT2D eigenvalue weighted by Crippen LogP contribution is -2.28. The normalized spacial score (nSPS) is 12.2. The molecule has 0 fully saturated rings. The van der Waals surface area contributed by atoms with E-state index in [1.54, 1.807) is 6.92 Å². The van der Waals surface area contributed by atoms with Crippen LogP contribution < -0.4 is 14.9 Å². The van der Waals surface area contributed by atoms with Crippen molar-refractivity contribution in [1.82, 2.24) is 15.2 Å². The summed E-state index contributed by atoms with van der Waals surface area (Å²) in [6, 6.07) is 4.17. The van der Waals surface area contributed by atoms with Crippen molar-refractivity contribution in [3.05, 3.63) is 46.3 Å². The molecular weight excluding hydrogens is 380 g/mol. The zero-order valence-corrected chi connectivity index (χ0v) is 14.9. The number of nitrogens with zero attached hydrogens (tertiary/aromatic N) is 4. The Morgan fingerprint density at radius 3 is 2.82 bits per heavy atom. The summed E-state index contributed by atoms with van der Waals surface area (Å²) in [4.78, 5) is 22.1. The predicted molar refractivity (Wildman–Crippen MR) is 93.4 cm³/mol. The maximum absolute atomic E-state index is 12.3. The van der Waals surface area contributed by atoms with E-state index in [0.29, 0.717) is 5.56 Å². The van der Waals surface area contributed by atoms with Crippen LogP contribution in [0.3, 0.4) is 0 Å². The van der Waals surface area contributed by atoms with Gasteiger partial charge in [0.05, 0.1) is 30.7 Å². The largest absolute Gasteiger partial charge is 0.493 e. The summed E-state index contributed by atoms with van der Waals surface area (Å²) in [5.74, 6) is -1.03. The van der Waals surface area contributed by atoms with Crippen LogP contribution in [0, 0.1) is 16.0 Å². The monoisotopic (exact) mass is 397 g/mol. The van der Waals surface area contributed by atoms with Gasteiger partial charge in [-0.15, -0.1) is 0 Å². The molecular formula is C16H17F2N5O5. The smallest absolute Gasteiger partial charge is 0.387 e. The van der Waals surface area contributed by atoms with Gasteiger partial charge in [0.15, 0.2) is 11.5 Å². The summed E-state index contributed by atoms with van der Waals surface area (Å²) in [5, 5.41) is 18.2. The molecule has 28 heavy (non-hydrogen) atoms. The van der Waals surface area contributed by atoms with Gasteiger partial charge in [0.2, 0.25) is 5.91 Å². The summed E-state index contributed by atoms with van der Waals surface area (Å²) in [6.45, 7) is -1.24. The lowest BCUT2D eigenvalue weighted by Gasteiger charge is -2.10. The number of benzene rings is 1. The number of amides is 1. The Morgan fingerprint density at radius 1 is 1.46 bits per heavy atom. The molecule has 0 aliphatic heterocycles. The molecule has 0 bridgehead atoms. The second-order valence-electron chi connectivity index (χ2n) is 5.60. The van der Waals surface area contributed by atoms with Crippen molar-refractivity contribution in [3.63, 3.8) is 0 Å². The van der Waals surface area contributed by atoms with Crippen molar-refractivity contribution >= 4 is 17.8 Å². The Hall–Kier alpha value is -3.57. The molecule has 1 amide bonds. The first kappa shape index (κ1) is 20.7. The average Bonchev–Trinajstić information content (AvgIpc) is 3.11. The maximum atomic E-state index is 12.3. The minimum atomic E-state index is -2.98. The molecule has 0 aliphatic carbocycles. The third-order valence-corrected chi connectivity index (χ3v) is 3.53. The van der Waals surface area contributed by atoms with Gasteiger partial charge in [-0.3, -0.25) is 19.6 Å². The minimum Gasteiger partial charge on any atom is -0.493 e. The molecule has 1 aromatic heterocycles. The van der Waals surface area contributed by atoms with Crippen LogP contribution in [-0.4, -0.2) is 40.5 Å². The Bertz CT molecular complexity index is 871. The Balaban J connectivity index is 1.93. The third-order valence-electron chi connectivity index (χ3n) is 3.53. The fourth-order valence-corrected chi connectivity index (χ4v) is 2.15. The van der Waals surface area contributed by atoms with E-state index in [1.807, 2.05) is 0 Å². The van der Waals surface area contributed by atoms with E-state index in [1.165, 1.54) is 42.4 Å². The zero-order valence-electron chi connectivity index (χ0n) is 14.9. The molecule has 0 aliphatic rings. The number of ether oxygens (including phenoxy) is 2. The standard InChI is InChI=1S/C16H17F2N5O5/c1-10(8-22-9-12(7-20-22)23(25)26)15(24)21-19-6-11-3-4-13(28-16(17)18)14(5-11)27-2/h3-7,9-10,16H,8H2,1-2H3,(H,21,24)/b19-6-/t10-/m1/s1. The van der Waals surface area contributed by atoms with Crippen LogP contribution in [0.15, 0.2) is 35.7 Å². The number of carbonyl (C=O) groups excluding carboxylic acids is 1. The van der Waals surface area contributed by atoms with Crippen molar-refractivity contribution in [1.29, 1.82) is 0 Å². The van der Waals surface area contributed by atoms with Crippen molar-refractivity contribution in [2.45, 2.75) is 20.1 Å². The summed E-state index contributed by atoms with van der Waals surface area (Å²) < 4.78 is 35.2. The summed E-state index contributed by atoms with van der Waals surface area (Å²) >= 11 is 0. The van der Waals surface area contributed by atoms with Gasteiger partial charge in [-0.05, 0) is 23.8 Å². The van der Waals surface area contributed by atoms with E-state index >= 15 is 0 Å². The SMILES string of the molecule is COc1cc(/C=N\NC(=O)[C@H](C)Cn2cc([N+](=O)[O-])cn2)ccc1OC(F)F. The number of carbonyl (C=O) groups is 1. The fraction of sp³-hybridized carbons (Fsp3) is 0.312. The Kier molecular flexibility index (Phi) is 6.96. The molecule has 1 heterocycles. The first-order chi connectivity index (χ1) is 13.3. The Labute approximate surface area is 157 Å². The van der Waals surface area contributed by atoms with E-state index < -0.39 is 23.4 Å². The first-order valence-electron chi connectivity index (χ1n) is 7.92. The van der Waals surface area contributed by atoms with Crippen molar-refractivity contribution in [3.8, 4) is 11.5 Å². The molecule has 1 atom stereocenters. The molecule has 2 aromatic rings. The van der Waals surface area contributed by atoms with Crippen LogP contribution in [-0.2, 0) is 11.3 Å². The molecule has 12 heteroatoms. The molecule has 0 radical (unpaired) electrons. The number of aromatic nitrogens is 2. The number of methoxy groups -OCH3 is 1. The van der Waals surface area contributed by atoms with E-state index in [0.717, 1.165) is 6.20 Å². The first-order valence-corrected chi connectivity index (χ1v) is 7.92. The summed E-state index contributed by atoms with van der Waals surface area (Å²) in [5.41, 5.74) is 2.64. The van der Waals surface area contributed by atoms with Crippen LogP contribution in [0.4, 0.5) is 14.5 Å². The van der Waals surface area contributed by atoms with Gasteiger partial charge in [0.25, 0.3) is 0 Å². The highest BCUT2D eigenvalue weighted by Gasteiger charge is 2.16. The quantitative estimate of drug-likeness (QED) is 0.393. The van der Waals surface area contributed by atoms with E-state index in [9.17, 15) is 23.7 Å². The van der Waals surface area contributed by atoms with E-state index in [2.05, 4.69) is 20.4 Å². The van der Waals surface area contributed by atoms with Gasteiger partial charge in [-0.25, -0.2) is 5.43 Å². The summed E-state index contributed by atoms with van der Waals surface area (Å²) in [6.07, 6.45) is 3.62. The highest BCUT2D eigenvalue weighted by molar-refractivity contribution is 5.83.